The van der Waals surface area contributed by atoms with Gasteiger partial charge in [0.2, 0.25) is 0 Å². The van der Waals surface area contributed by atoms with E-state index in [0.29, 0.717) is 35.1 Å². The molecule has 4 aromatic rings. The SMILES string of the molecule is CCC1C(=N)N(C)c2cnc(-c3cnsc3-c3ccc(F)cc3)nc2N1c1cccc(C#N)c1. The van der Waals surface area contributed by atoms with Crippen LogP contribution in [0.15, 0.2) is 60.9 Å². The number of nitriles is 1. The fourth-order valence-corrected chi connectivity index (χ4v) is 4.89. The number of nitrogens with one attached hydrogen (secondary N) is 1. The van der Waals surface area contributed by atoms with E-state index in [2.05, 4.69) is 15.4 Å². The molecule has 0 aliphatic carbocycles. The van der Waals surface area contributed by atoms with Gasteiger partial charge in [-0.1, -0.05) is 25.1 Å². The number of rotatable bonds is 4. The minimum atomic E-state index is -0.300. The summed E-state index contributed by atoms with van der Waals surface area (Å²) in [6, 6.07) is 15.5. The molecule has 34 heavy (non-hydrogen) atoms. The third kappa shape index (κ3) is 3.58. The lowest BCUT2D eigenvalue weighted by Crippen LogP contribution is -2.50. The number of aromatic nitrogens is 3. The van der Waals surface area contributed by atoms with E-state index in [-0.39, 0.29) is 11.9 Å². The molecule has 1 unspecified atom stereocenters. The molecule has 9 heteroatoms. The van der Waals surface area contributed by atoms with Gasteiger partial charge in [0, 0.05) is 12.7 Å². The Balaban J connectivity index is 1.68. The first-order chi connectivity index (χ1) is 16.5. The highest BCUT2D eigenvalue weighted by atomic mass is 32.1. The molecule has 2 aromatic carbocycles. The summed E-state index contributed by atoms with van der Waals surface area (Å²) in [5, 5.41) is 18.2. The molecule has 0 saturated heterocycles. The third-order valence-electron chi connectivity index (χ3n) is 5.89. The Hall–Kier alpha value is -4.16. The Labute approximate surface area is 200 Å². The quantitative estimate of drug-likeness (QED) is 0.417. The summed E-state index contributed by atoms with van der Waals surface area (Å²) in [6.45, 7) is 2.02. The number of anilines is 3. The van der Waals surface area contributed by atoms with Crippen LogP contribution in [-0.4, -0.2) is 33.3 Å². The van der Waals surface area contributed by atoms with Crippen molar-refractivity contribution in [3.63, 3.8) is 0 Å². The van der Waals surface area contributed by atoms with E-state index in [1.54, 1.807) is 35.5 Å². The van der Waals surface area contributed by atoms with E-state index in [0.717, 1.165) is 21.7 Å². The summed E-state index contributed by atoms with van der Waals surface area (Å²) < 4.78 is 17.8. The molecule has 0 amide bonds. The van der Waals surface area contributed by atoms with Crippen molar-refractivity contribution < 1.29 is 4.39 Å². The second kappa shape index (κ2) is 8.65. The Kier molecular flexibility index (Phi) is 5.51. The van der Waals surface area contributed by atoms with Crippen molar-refractivity contribution in [2.45, 2.75) is 19.4 Å². The van der Waals surface area contributed by atoms with Crippen molar-refractivity contribution in [2.24, 2.45) is 0 Å². The van der Waals surface area contributed by atoms with Crippen molar-refractivity contribution in [3.8, 4) is 27.9 Å². The number of benzene rings is 2. The van der Waals surface area contributed by atoms with Gasteiger partial charge in [-0.05, 0) is 53.8 Å². The molecule has 2 aromatic heterocycles. The van der Waals surface area contributed by atoms with Crippen LogP contribution in [0.2, 0.25) is 0 Å². The number of halogens is 1. The number of amidine groups is 1. The monoisotopic (exact) mass is 469 g/mol. The molecular formula is C25H20FN7S. The molecule has 3 heterocycles. The van der Waals surface area contributed by atoms with E-state index in [1.807, 2.05) is 37.1 Å². The van der Waals surface area contributed by atoms with E-state index in [9.17, 15) is 9.65 Å². The standard InChI is InChI=1S/C25H20FN7S/c1-3-20-23(28)32(2)21-14-29-24(19-13-30-34-22(19)16-7-9-17(26)10-8-16)31-25(21)33(20)18-6-4-5-15(11-18)12-27/h4-11,13-14,20,28H,3H2,1-2H3. The smallest absolute Gasteiger partial charge is 0.164 e. The van der Waals surface area contributed by atoms with Crippen LogP contribution < -0.4 is 9.80 Å². The van der Waals surface area contributed by atoms with Gasteiger partial charge >= 0.3 is 0 Å². The van der Waals surface area contributed by atoms with Gasteiger partial charge in [-0.15, -0.1) is 0 Å². The maximum Gasteiger partial charge on any atom is 0.164 e. The van der Waals surface area contributed by atoms with Crippen LogP contribution in [0.25, 0.3) is 21.8 Å². The lowest BCUT2D eigenvalue weighted by atomic mass is 10.0. The van der Waals surface area contributed by atoms with Gasteiger partial charge in [0.25, 0.3) is 0 Å². The number of fused-ring (bicyclic) bond motifs is 1. The zero-order valence-corrected chi connectivity index (χ0v) is 19.3. The van der Waals surface area contributed by atoms with Gasteiger partial charge < -0.3 is 9.80 Å². The van der Waals surface area contributed by atoms with Crippen LogP contribution in [0, 0.1) is 22.6 Å². The highest BCUT2D eigenvalue weighted by Crippen LogP contribution is 2.42. The van der Waals surface area contributed by atoms with Crippen molar-refractivity contribution >= 4 is 34.6 Å². The zero-order valence-electron chi connectivity index (χ0n) is 18.5. The van der Waals surface area contributed by atoms with Gasteiger partial charge in [0.1, 0.15) is 17.3 Å². The lowest BCUT2D eigenvalue weighted by Gasteiger charge is -2.42. The molecule has 1 atom stereocenters. The minimum absolute atomic E-state index is 0.258. The third-order valence-corrected chi connectivity index (χ3v) is 6.74. The lowest BCUT2D eigenvalue weighted by molar-refractivity contribution is 0.628. The van der Waals surface area contributed by atoms with Crippen molar-refractivity contribution in [3.05, 3.63) is 72.3 Å². The molecule has 168 valence electrons. The van der Waals surface area contributed by atoms with Crippen LogP contribution in [0.5, 0.6) is 0 Å². The summed E-state index contributed by atoms with van der Waals surface area (Å²) in [6.07, 6.45) is 4.11. The van der Waals surface area contributed by atoms with Crippen molar-refractivity contribution in [2.75, 3.05) is 16.8 Å². The molecule has 0 radical (unpaired) electrons. The number of hydrogen-bond acceptors (Lipinski definition) is 7. The molecule has 1 aliphatic heterocycles. The summed E-state index contributed by atoms with van der Waals surface area (Å²) >= 11 is 1.30. The first-order valence-corrected chi connectivity index (χ1v) is 11.5. The number of nitrogens with zero attached hydrogens (tertiary/aromatic N) is 6. The summed E-state index contributed by atoms with van der Waals surface area (Å²) in [4.78, 5) is 14.2. The molecule has 5 rings (SSSR count). The maximum absolute atomic E-state index is 13.5. The molecule has 1 N–H and O–H groups in total. The van der Waals surface area contributed by atoms with Gasteiger partial charge in [-0.2, -0.15) is 9.64 Å². The molecule has 1 aliphatic rings. The van der Waals surface area contributed by atoms with Crippen LogP contribution in [0.1, 0.15) is 18.9 Å². The van der Waals surface area contributed by atoms with Crippen molar-refractivity contribution in [1.82, 2.24) is 14.3 Å². The number of likely N-dealkylation sites (N-methyl/N-ethyl adjacent to an activating group) is 1. The van der Waals surface area contributed by atoms with Gasteiger partial charge in [0.05, 0.1) is 40.5 Å². The molecule has 0 fully saturated rings. The Morgan fingerprint density at radius 3 is 2.71 bits per heavy atom. The predicted octanol–water partition coefficient (Wildman–Crippen LogP) is 5.62. The van der Waals surface area contributed by atoms with Gasteiger partial charge in [0.15, 0.2) is 11.6 Å². The largest absolute Gasteiger partial charge is 0.327 e. The fraction of sp³-hybridized carbons (Fsp3) is 0.160. The molecule has 0 saturated carbocycles. The first kappa shape index (κ1) is 21.7. The number of hydrogen-bond donors (Lipinski definition) is 1. The first-order valence-electron chi connectivity index (χ1n) is 10.7. The Bertz CT molecular complexity index is 1420. The van der Waals surface area contributed by atoms with Crippen LogP contribution >= 0.6 is 11.5 Å². The highest BCUT2D eigenvalue weighted by molar-refractivity contribution is 7.10. The Morgan fingerprint density at radius 2 is 1.97 bits per heavy atom. The van der Waals surface area contributed by atoms with Gasteiger partial charge in [-0.25, -0.2) is 14.4 Å². The highest BCUT2D eigenvalue weighted by Gasteiger charge is 2.36. The summed E-state index contributed by atoms with van der Waals surface area (Å²) in [7, 11) is 1.84. The molecule has 0 spiro atoms. The molecular weight excluding hydrogens is 449 g/mol. The average molecular weight is 470 g/mol. The molecule has 0 bridgehead atoms. The second-order valence-electron chi connectivity index (χ2n) is 7.88. The van der Waals surface area contributed by atoms with E-state index >= 15 is 0 Å². The second-order valence-corrected chi connectivity index (χ2v) is 8.68. The Morgan fingerprint density at radius 1 is 1.18 bits per heavy atom. The summed E-state index contributed by atoms with van der Waals surface area (Å²) in [5.74, 6) is 1.27. The van der Waals surface area contributed by atoms with Crippen LogP contribution in [-0.2, 0) is 0 Å². The van der Waals surface area contributed by atoms with Gasteiger partial charge in [-0.3, -0.25) is 5.41 Å². The van der Waals surface area contributed by atoms with Crippen LogP contribution in [0.3, 0.4) is 0 Å². The fourth-order valence-electron chi connectivity index (χ4n) is 4.15. The predicted molar refractivity (Wildman–Crippen MR) is 132 cm³/mol. The normalized spacial score (nSPS) is 15.2. The maximum atomic E-state index is 13.5. The van der Waals surface area contributed by atoms with Crippen molar-refractivity contribution in [1.29, 1.82) is 10.7 Å². The molecule has 7 nitrogen and oxygen atoms in total. The van der Waals surface area contributed by atoms with E-state index in [1.165, 1.54) is 23.7 Å². The van der Waals surface area contributed by atoms with E-state index < -0.39 is 0 Å². The minimum Gasteiger partial charge on any atom is -0.327 e. The van der Waals surface area contributed by atoms with Crippen LogP contribution in [0.4, 0.5) is 21.6 Å². The summed E-state index contributed by atoms with van der Waals surface area (Å²) in [5.41, 5.74) is 3.61. The zero-order chi connectivity index (χ0) is 23.8. The topological polar surface area (TPSA) is 92.8 Å². The average Bonchev–Trinajstić information content (AvgIpc) is 3.36. The van der Waals surface area contributed by atoms with E-state index in [4.69, 9.17) is 10.4 Å².